The molecule has 0 nitrogen and oxygen atoms in total. The van der Waals surface area contributed by atoms with Gasteiger partial charge in [-0.2, -0.15) is 10.5 Å². The van der Waals surface area contributed by atoms with E-state index in [9.17, 15) is 0 Å². The van der Waals surface area contributed by atoms with Crippen LogP contribution in [0.15, 0.2) is 35.2 Å². The van der Waals surface area contributed by atoms with Gasteiger partial charge in [0.2, 0.25) is 0 Å². The van der Waals surface area contributed by atoms with Gasteiger partial charge in [0, 0.05) is 4.90 Å². The zero-order valence-corrected chi connectivity index (χ0v) is 8.41. The van der Waals surface area contributed by atoms with Crippen molar-refractivity contribution in [3.05, 3.63) is 30.3 Å². The van der Waals surface area contributed by atoms with Crippen LogP contribution in [0.2, 0.25) is 0 Å². The molecule has 0 atom stereocenters. The maximum Gasteiger partial charge on any atom is 0.0121 e. The summed E-state index contributed by atoms with van der Waals surface area (Å²) in [6, 6.07) is 10.4. The van der Waals surface area contributed by atoms with Crippen molar-refractivity contribution in [3.8, 4) is 0 Å². The molecule has 11 heavy (non-hydrogen) atoms. The van der Waals surface area contributed by atoms with Crippen molar-refractivity contribution in [2.45, 2.75) is 4.90 Å². The van der Waals surface area contributed by atoms with Crippen LogP contribution in [0.4, 0.5) is 0 Å². The highest BCUT2D eigenvalue weighted by Crippen LogP contribution is 2.17. The molecule has 0 amide bonds. The fourth-order valence-corrected chi connectivity index (χ4v) is 2.18. The molecule has 0 aliphatic rings. The van der Waals surface area contributed by atoms with Crippen LogP contribution in [-0.2, 0) is 0 Å². The fourth-order valence-electron chi connectivity index (χ4n) is 0.651. The summed E-state index contributed by atoms with van der Waals surface area (Å²) in [4.78, 5) is 1.33. The Balaban J connectivity index is 2.59. The third-order valence-corrected chi connectivity index (χ3v) is 3.59. The summed E-state index contributed by atoms with van der Waals surface area (Å²) in [6.07, 6.45) is 4.44. The summed E-state index contributed by atoms with van der Waals surface area (Å²) in [7, 11) is 0.422. The SMILES string of the molecule is CS(C)=CSc1ccccc1. The van der Waals surface area contributed by atoms with Gasteiger partial charge in [-0.05, 0) is 29.3 Å². The van der Waals surface area contributed by atoms with Crippen LogP contribution in [0, 0.1) is 0 Å². The lowest BCUT2D eigenvalue weighted by Gasteiger charge is -1.94. The minimum absolute atomic E-state index is 0.422. The first-order valence-corrected chi connectivity index (χ1v) is 6.39. The Hall–Kier alpha value is -0.210. The lowest BCUT2D eigenvalue weighted by atomic mass is 10.4. The molecule has 0 saturated carbocycles. The second kappa shape index (κ2) is 4.62. The Labute approximate surface area is 74.9 Å². The minimum atomic E-state index is 0.422. The number of rotatable bonds is 2. The first-order valence-electron chi connectivity index (χ1n) is 3.40. The van der Waals surface area contributed by atoms with E-state index in [0.29, 0.717) is 10.5 Å². The largest absolute Gasteiger partial charge is 0.186 e. The molecule has 60 valence electrons. The quantitative estimate of drug-likeness (QED) is 0.503. The van der Waals surface area contributed by atoms with Crippen molar-refractivity contribution in [2.24, 2.45) is 0 Å². The zero-order chi connectivity index (χ0) is 8.10. The Bertz CT molecular complexity index is 235. The maximum absolute atomic E-state index is 2.27. The van der Waals surface area contributed by atoms with E-state index in [0.717, 1.165) is 0 Å². The summed E-state index contributed by atoms with van der Waals surface area (Å²) < 4.78 is 2.27. The normalized spacial score (nSPS) is 10.1. The topological polar surface area (TPSA) is 0 Å². The molecule has 0 N–H and O–H groups in total. The number of hydrogen-bond donors (Lipinski definition) is 0. The molecule has 0 fully saturated rings. The molecule has 0 aliphatic heterocycles. The highest BCUT2D eigenvalue weighted by atomic mass is 32.2. The highest BCUT2D eigenvalue weighted by Gasteiger charge is 1.85. The van der Waals surface area contributed by atoms with Crippen LogP contribution in [0.1, 0.15) is 0 Å². The smallest absolute Gasteiger partial charge is 0.0121 e. The molecule has 0 bridgehead atoms. The summed E-state index contributed by atoms with van der Waals surface area (Å²) in [6.45, 7) is 0. The van der Waals surface area contributed by atoms with Gasteiger partial charge < -0.3 is 0 Å². The van der Waals surface area contributed by atoms with Gasteiger partial charge in [0.15, 0.2) is 0 Å². The standard InChI is InChI=1S/C9H12S2/c1-11(2)8-10-9-6-4-3-5-7-9/h3-8H,1-2H3. The third kappa shape index (κ3) is 3.63. The van der Waals surface area contributed by atoms with E-state index in [-0.39, 0.29) is 0 Å². The van der Waals surface area contributed by atoms with Crippen LogP contribution in [0.25, 0.3) is 0 Å². The van der Waals surface area contributed by atoms with Crippen molar-refractivity contribution >= 4 is 26.9 Å². The van der Waals surface area contributed by atoms with Crippen LogP contribution in [-0.4, -0.2) is 17.2 Å². The Morgan fingerprint density at radius 1 is 1.18 bits per heavy atom. The summed E-state index contributed by atoms with van der Waals surface area (Å²) in [5, 5.41) is 0. The lowest BCUT2D eigenvalue weighted by molar-refractivity contribution is 1.48. The Morgan fingerprint density at radius 2 is 1.82 bits per heavy atom. The molecule has 0 heterocycles. The highest BCUT2D eigenvalue weighted by molar-refractivity contribution is 8.31. The van der Waals surface area contributed by atoms with Gasteiger partial charge in [0.05, 0.1) is 0 Å². The van der Waals surface area contributed by atoms with E-state index in [1.807, 2.05) is 17.8 Å². The second-order valence-electron chi connectivity index (χ2n) is 2.41. The average Bonchev–Trinajstić information content (AvgIpc) is 2.03. The molecule has 0 radical (unpaired) electrons. The third-order valence-electron chi connectivity index (χ3n) is 1.12. The number of benzene rings is 1. The lowest BCUT2D eigenvalue weighted by Crippen LogP contribution is -1.69. The average molecular weight is 184 g/mol. The predicted molar refractivity (Wildman–Crippen MR) is 57.8 cm³/mol. The van der Waals surface area contributed by atoms with E-state index in [2.05, 4.69) is 41.5 Å². The van der Waals surface area contributed by atoms with Gasteiger partial charge in [-0.25, -0.2) is 0 Å². The van der Waals surface area contributed by atoms with E-state index in [1.165, 1.54) is 4.90 Å². The Morgan fingerprint density at radius 3 is 2.36 bits per heavy atom. The molecule has 0 saturated heterocycles. The van der Waals surface area contributed by atoms with Crippen molar-refractivity contribution in [1.29, 1.82) is 0 Å². The predicted octanol–water partition coefficient (Wildman–Crippen LogP) is 3.07. The molecular formula is C9H12S2. The Kier molecular flexibility index (Phi) is 3.73. The summed E-state index contributed by atoms with van der Waals surface area (Å²) in [5.41, 5.74) is 0. The number of thioether (sulfide) groups is 1. The van der Waals surface area contributed by atoms with Gasteiger partial charge in [0.1, 0.15) is 0 Å². The van der Waals surface area contributed by atoms with Crippen molar-refractivity contribution < 1.29 is 0 Å². The van der Waals surface area contributed by atoms with Gasteiger partial charge in [-0.3, -0.25) is 0 Å². The van der Waals surface area contributed by atoms with Crippen LogP contribution < -0.4 is 0 Å². The van der Waals surface area contributed by atoms with E-state index in [4.69, 9.17) is 0 Å². The summed E-state index contributed by atoms with van der Waals surface area (Å²) >= 11 is 1.82. The van der Waals surface area contributed by atoms with Crippen molar-refractivity contribution in [3.63, 3.8) is 0 Å². The van der Waals surface area contributed by atoms with Crippen LogP contribution in [0.5, 0.6) is 0 Å². The van der Waals surface area contributed by atoms with Gasteiger partial charge in [0.25, 0.3) is 0 Å². The van der Waals surface area contributed by atoms with Crippen LogP contribution in [0.3, 0.4) is 0 Å². The number of hydrogen-bond acceptors (Lipinski definition) is 1. The van der Waals surface area contributed by atoms with E-state index >= 15 is 0 Å². The first-order chi connectivity index (χ1) is 5.29. The fraction of sp³-hybridized carbons (Fsp3) is 0.222. The second-order valence-corrected chi connectivity index (χ2v) is 5.64. The van der Waals surface area contributed by atoms with Crippen LogP contribution >= 0.6 is 22.2 Å². The molecular weight excluding hydrogens is 172 g/mol. The molecule has 0 spiro atoms. The van der Waals surface area contributed by atoms with Crippen molar-refractivity contribution in [2.75, 3.05) is 12.5 Å². The molecule has 0 aliphatic carbocycles. The van der Waals surface area contributed by atoms with Gasteiger partial charge in [-0.1, -0.05) is 30.0 Å². The van der Waals surface area contributed by atoms with Gasteiger partial charge in [-0.15, -0.1) is 0 Å². The molecule has 1 aromatic carbocycles. The van der Waals surface area contributed by atoms with E-state index in [1.54, 1.807) is 0 Å². The van der Waals surface area contributed by atoms with Crippen molar-refractivity contribution in [1.82, 2.24) is 0 Å². The van der Waals surface area contributed by atoms with Gasteiger partial charge >= 0.3 is 0 Å². The zero-order valence-electron chi connectivity index (χ0n) is 6.78. The molecule has 0 unspecified atom stereocenters. The minimum Gasteiger partial charge on any atom is -0.186 e. The molecule has 1 rings (SSSR count). The molecule has 0 aromatic heterocycles. The summed E-state index contributed by atoms with van der Waals surface area (Å²) in [5.74, 6) is 0. The monoisotopic (exact) mass is 184 g/mol. The van der Waals surface area contributed by atoms with E-state index < -0.39 is 0 Å². The first kappa shape index (κ1) is 8.88. The molecule has 2 heteroatoms. The molecule has 1 aromatic rings. The maximum atomic E-state index is 2.27.